The molecular weight excluding hydrogens is 316 g/mol. The SMILES string of the molecule is C[C@]12CCC(O)C[C@@H]1CC[C@@H]1[C@@H]2CC[C@@]2(C)[C@H]1CC[C@]2(O)[C@H](O)CO. The van der Waals surface area contributed by atoms with Gasteiger partial charge in [0.15, 0.2) is 0 Å². The molecule has 0 aromatic heterocycles. The van der Waals surface area contributed by atoms with Gasteiger partial charge in [0.1, 0.15) is 6.10 Å². The van der Waals surface area contributed by atoms with Gasteiger partial charge in [0.2, 0.25) is 0 Å². The van der Waals surface area contributed by atoms with Crippen molar-refractivity contribution in [2.24, 2.45) is 34.5 Å². The molecule has 0 amide bonds. The van der Waals surface area contributed by atoms with Gasteiger partial charge in [-0.2, -0.15) is 0 Å². The molecule has 0 aromatic rings. The molecule has 4 heteroatoms. The minimum atomic E-state index is -1.14. The zero-order valence-electron chi connectivity index (χ0n) is 15.8. The van der Waals surface area contributed by atoms with Crippen molar-refractivity contribution in [3.63, 3.8) is 0 Å². The van der Waals surface area contributed by atoms with Gasteiger partial charge in [-0.1, -0.05) is 13.8 Å². The Kier molecular flexibility index (Phi) is 4.31. The first-order valence-corrected chi connectivity index (χ1v) is 10.5. The maximum atomic E-state index is 11.3. The van der Waals surface area contributed by atoms with Crippen LogP contribution in [0.1, 0.15) is 71.6 Å². The van der Waals surface area contributed by atoms with Gasteiger partial charge < -0.3 is 20.4 Å². The average Bonchev–Trinajstić information content (AvgIpc) is 2.87. The molecule has 0 heterocycles. The maximum Gasteiger partial charge on any atom is 0.106 e. The van der Waals surface area contributed by atoms with E-state index in [9.17, 15) is 20.4 Å². The Morgan fingerprint density at radius 2 is 1.68 bits per heavy atom. The van der Waals surface area contributed by atoms with E-state index in [2.05, 4.69) is 13.8 Å². The summed E-state index contributed by atoms with van der Waals surface area (Å²) in [5.41, 5.74) is -1.09. The summed E-state index contributed by atoms with van der Waals surface area (Å²) in [4.78, 5) is 0. The fourth-order valence-corrected chi connectivity index (χ4v) is 7.98. The molecule has 4 N–H and O–H groups in total. The van der Waals surface area contributed by atoms with E-state index in [0.717, 1.165) is 38.5 Å². The molecule has 0 aliphatic heterocycles. The van der Waals surface area contributed by atoms with E-state index in [4.69, 9.17) is 0 Å². The van der Waals surface area contributed by atoms with Crippen molar-refractivity contribution in [3.05, 3.63) is 0 Å². The van der Waals surface area contributed by atoms with Crippen LogP contribution in [0.5, 0.6) is 0 Å². The molecule has 4 rings (SSSR count). The quantitative estimate of drug-likeness (QED) is 0.615. The second-order valence-electron chi connectivity index (χ2n) is 10.2. The molecule has 1 unspecified atom stereocenters. The van der Waals surface area contributed by atoms with Crippen LogP contribution in [0.3, 0.4) is 0 Å². The van der Waals surface area contributed by atoms with Gasteiger partial charge in [-0.05, 0) is 86.9 Å². The van der Waals surface area contributed by atoms with Crippen LogP contribution in [0, 0.1) is 34.5 Å². The average molecular weight is 353 g/mol. The molecule has 25 heavy (non-hydrogen) atoms. The third-order valence-corrected chi connectivity index (χ3v) is 9.58. The van der Waals surface area contributed by atoms with E-state index in [-0.39, 0.29) is 18.1 Å². The van der Waals surface area contributed by atoms with Crippen molar-refractivity contribution in [3.8, 4) is 0 Å². The van der Waals surface area contributed by atoms with Crippen LogP contribution < -0.4 is 0 Å². The second-order valence-corrected chi connectivity index (χ2v) is 10.2. The summed E-state index contributed by atoms with van der Waals surface area (Å²) in [7, 11) is 0. The third kappa shape index (κ3) is 2.33. The Labute approximate surface area is 151 Å². The zero-order chi connectivity index (χ0) is 18.0. The van der Waals surface area contributed by atoms with Crippen LogP contribution >= 0.6 is 0 Å². The monoisotopic (exact) mass is 352 g/mol. The molecule has 4 nitrogen and oxygen atoms in total. The maximum absolute atomic E-state index is 11.3. The Morgan fingerprint density at radius 1 is 0.960 bits per heavy atom. The third-order valence-electron chi connectivity index (χ3n) is 9.58. The summed E-state index contributed by atoms with van der Waals surface area (Å²) in [6.45, 7) is 4.27. The first-order valence-electron chi connectivity index (χ1n) is 10.5. The summed E-state index contributed by atoms with van der Waals surface area (Å²) in [6.07, 6.45) is 7.92. The number of aliphatic hydroxyl groups is 4. The lowest BCUT2D eigenvalue weighted by Crippen LogP contribution is -2.60. The fourth-order valence-electron chi connectivity index (χ4n) is 7.98. The Bertz CT molecular complexity index is 524. The normalized spacial score (nSPS) is 56.6. The van der Waals surface area contributed by atoms with Gasteiger partial charge in [-0.3, -0.25) is 0 Å². The van der Waals surface area contributed by atoms with Crippen molar-refractivity contribution >= 4 is 0 Å². The number of hydrogen-bond donors (Lipinski definition) is 4. The highest BCUT2D eigenvalue weighted by molar-refractivity contribution is 5.15. The predicted molar refractivity (Wildman–Crippen MR) is 95.8 cm³/mol. The second kappa shape index (κ2) is 5.92. The lowest BCUT2D eigenvalue weighted by Gasteiger charge is -2.61. The molecule has 0 radical (unpaired) electrons. The molecule has 4 aliphatic carbocycles. The molecule has 144 valence electrons. The van der Waals surface area contributed by atoms with Gasteiger partial charge >= 0.3 is 0 Å². The van der Waals surface area contributed by atoms with Crippen LogP contribution in [0.2, 0.25) is 0 Å². The van der Waals surface area contributed by atoms with Crippen LogP contribution in [-0.2, 0) is 0 Å². The molecule has 0 saturated heterocycles. The zero-order valence-corrected chi connectivity index (χ0v) is 15.8. The molecule has 0 spiro atoms. The van der Waals surface area contributed by atoms with Crippen LogP contribution in [0.15, 0.2) is 0 Å². The lowest BCUT2D eigenvalue weighted by atomic mass is 9.44. The van der Waals surface area contributed by atoms with Gasteiger partial charge in [0.05, 0.1) is 18.3 Å². The number of hydrogen-bond acceptors (Lipinski definition) is 4. The Morgan fingerprint density at radius 3 is 2.40 bits per heavy atom. The minimum Gasteiger partial charge on any atom is -0.394 e. The van der Waals surface area contributed by atoms with E-state index in [1.165, 1.54) is 12.8 Å². The number of aliphatic hydroxyl groups excluding tert-OH is 3. The van der Waals surface area contributed by atoms with Crippen molar-refractivity contribution in [1.29, 1.82) is 0 Å². The Hall–Kier alpha value is -0.160. The molecule has 0 bridgehead atoms. The highest BCUT2D eigenvalue weighted by atomic mass is 16.4. The minimum absolute atomic E-state index is 0.111. The van der Waals surface area contributed by atoms with E-state index < -0.39 is 11.7 Å². The van der Waals surface area contributed by atoms with E-state index in [0.29, 0.717) is 35.5 Å². The van der Waals surface area contributed by atoms with Crippen molar-refractivity contribution in [1.82, 2.24) is 0 Å². The molecular formula is C21H36O4. The summed E-state index contributed by atoms with van der Waals surface area (Å²) < 4.78 is 0. The number of rotatable bonds is 2. The van der Waals surface area contributed by atoms with Crippen LogP contribution in [-0.4, -0.2) is 44.8 Å². The van der Waals surface area contributed by atoms with Crippen molar-refractivity contribution in [2.45, 2.75) is 89.4 Å². The van der Waals surface area contributed by atoms with E-state index in [1.54, 1.807) is 0 Å². The summed E-state index contributed by atoms with van der Waals surface area (Å²) in [5, 5.41) is 41.3. The highest BCUT2D eigenvalue weighted by Gasteiger charge is 2.66. The van der Waals surface area contributed by atoms with Gasteiger partial charge in [0.25, 0.3) is 0 Å². The van der Waals surface area contributed by atoms with Crippen LogP contribution in [0.25, 0.3) is 0 Å². The van der Waals surface area contributed by atoms with E-state index >= 15 is 0 Å². The highest BCUT2D eigenvalue weighted by Crippen LogP contribution is 2.68. The van der Waals surface area contributed by atoms with Gasteiger partial charge in [-0.25, -0.2) is 0 Å². The predicted octanol–water partition coefficient (Wildman–Crippen LogP) is 2.47. The molecule has 0 aromatic carbocycles. The van der Waals surface area contributed by atoms with Gasteiger partial charge in [-0.15, -0.1) is 0 Å². The molecule has 4 fully saturated rings. The molecule has 9 atom stereocenters. The lowest BCUT2D eigenvalue weighted by molar-refractivity contribution is -0.196. The van der Waals surface area contributed by atoms with Crippen molar-refractivity contribution in [2.75, 3.05) is 6.61 Å². The Balaban J connectivity index is 1.62. The fraction of sp³-hybridized carbons (Fsp3) is 1.00. The first kappa shape index (κ1) is 18.2. The standard InChI is InChI=1S/C21H36O4/c1-19-8-5-14(23)11-13(19)3-4-15-16(19)6-9-20(2)17(15)7-10-21(20,25)18(24)12-22/h13-18,22-25H,3-12H2,1-2H3/t13-,14?,15+,16-,17-,18+,19-,20-,21-/m0/s1. The van der Waals surface area contributed by atoms with Crippen molar-refractivity contribution < 1.29 is 20.4 Å². The molecule has 4 saturated carbocycles. The summed E-state index contributed by atoms with van der Waals surface area (Å²) in [6, 6.07) is 0. The van der Waals surface area contributed by atoms with E-state index in [1.807, 2.05) is 0 Å². The first-order chi connectivity index (χ1) is 11.8. The topological polar surface area (TPSA) is 80.9 Å². The summed E-state index contributed by atoms with van der Waals surface area (Å²) >= 11 is 0. The number of fused-ring (bicyclic) bond motifs is 5. The molecule has 4 aliphatic rings. The van der Waals surface area contributed by atoms with Crippen LogP contribution in [0.4, 0.5) is 0 Å². The summed E-state index contributed by atoms with van der Waals surface area (Å²) in [5.74, 6) is 2.40. The van der Waals surface area contributed by atoms with Gasteiger partial charge in [0, 0.05) is 5.41 Å². The smallest absolute Gasteiger partial charge is 0.106 e. The largest absolute Gasteiger partial charge is 0.394 e.